The number of hydrogen-bond acceptors (Lipinski definition) is 7. The number of rotatable bonds is 6. The van der Waals surface area contributed by atoms with Gasteiger partial charge in [-0.15, -0.1) is 0 Å². The smallest absolute Gasteiger partial charge is 0.319 e. The van der Waals surface area contributed by atoms with Crippen LogP contribution in [0.4, 0.5) is 19.0 Å². The van der Waals surface area contributed by atoms with E-state index in [1.54, 1.807) is 4.90 Å². The summed E-state index contributed by atoms with van der Waals surface area (Å²) in [5.74, 6) is -5.54. The Bertz CT molecular complexity index is 1180. The van der Waals surface area contributed by atoms with Crippen LogP contribution in [0.25, 0.3) is 10.9 Å². The van der Waals surface area contributed by atoms with Gasteiger partial charge in [-0.1, -0.05) is 11.6 Å². The van der Waals surface area contributed by atoms with Crippen LogP contribution in [-0.4, -0.2) is 59.3 Å². The van der Waals surface area contributed by atoms with Crippen LogP contribution in [-0.2, 0) is 10.1 Å². The van der Waals surface area contributed by atoms with Gasteiger partial charge in [0.05, 0.1) is 17.7 Å². The third kappa shape index (κ3) is 3.86. The molecule has 3 heterocycles. The fourth-order valence-corrected chi connectivity index (χ4v) is 6.03. The fraction of sp³-hybridized carbons (Fsp3) is 0.632. The second-order valence-corrected chi connectivity index (χ2v) is 10.8. The standard InChI is InChI=1S/C19H20ClF3N4O4S/c20-15-13(21)14-12(5-24-15)16(27-6-10-1-2-11(7-27)19(10,22)23)26-17(25-14)31-8-18(3-4-18)9-32(28,29)30/h5,10-11H,1-4,6-9H2,(H,28,29,30)/t10-,11+. The monoisotopic (exact) mass is 492 g/mol. The highest BCUT2D eigenvalue weighted by Crippen LogP contribution is 2.50. The number of anilines is 1. The maximum atomic E-state index is 14.7. The number of piperidine rings is 1. The Labute approximate surface area is 186 Å². The van der Waals surface area contributed by atoms with Crippen molar-refractivity contribution in [2.75, 3.05) is 30.3 Å². The lowest BCUT2D eigenvalue weighted by Gasteiger charge is -2.38. The molecule has 0 spiro atoms. The van der Waals surface area contributed by atoms with E-state index in [0.29, 0.717) is 25.7 Å². The Kier molecular flexibility index (Phi) is 4.99. The summed E-state index contributed by atoms with van der Waals surface area (Å²) in [6.45, 7) is -0.000519. The van der Waals surface area contributed by atoms with Gasteiger partial charge in [0.15, 0.2) is 11.0 Å². The minimum absolute atomic E-state index is 0.0476. The Hall–Kier alpha value is -1.92. The molecule has 1 aliphatic heterocycles. The summed E-state index contributed by atoms with van der Waals surface area (Å²) in [5, 5.41) is -0.175. The van der Waals surface area contributed by atoms with Crippen molar-refractivity contribution in [2.45, 2.75) is 31.6 Å². The van der Waals surface area contributed by atoms with E-state index in [9.17, 15) is 21.6 Å². The van der Waals surface area contributed by atoms with Gasteiger partial charge in [-0.25, -0.2) is 18.2 Å². The molecule has 1 saturated heterocycles. The topological polar surface area (TPSA) is 106 Å². The van der Waals surface area contributed by atoms with Gasteiger partial charge in [-0.2, -0.15) is 18.4 Å². The number of alkyl halides is 2. The van der Waals surface area contributed by atoms with E-state index in [1.165, 1.54) is 6.20 Å². The molecule has 2 aromatic rings. The first kappa shape index (κ1) is 21.9. The average Bonchev–Trinajstić information content (AvgIpc) is 3.45. The SMILES string of the molecule is O=S(=O)(O)CC1(COc2nc(N3C[C@H]4CC[C@@H](C3)C4(F)F)c3cnc(Cl)c(F)c3n2)CC1. The van der Waals surface area contributed by atoms with Crippen molar-refractivity contribution < 1.29 is 30.9 Å². The normalized spacial score (nSPS) is 25.8. The maximum Gasteiger partial charge on any atom is 0.319 e. The van der Waals surface area contributed by atoms with E-state index in [1.807, 2.05) is 0 Å². The second kappa shape index (κ2) is 7.29. The molecule has 8 nitrogen and oxygen atoms in total. The van der Waals surface area contributed by atoms with Crippen molar-refractivity contribution in [1.82, 2.24) is 15.0 Å². The van der Waals surface area contributed by atoms with Crippen molar-refractivity contribution in [2.24, 2.45) is 17.3 Å². The molecule has 32 heavy (non-hydrogen) atoms. The first-order chi connectivity index (χ1) is 15.0. The molecule has 0 amide bonds. The molecule has 2 aliphatic carbocycles. The molecular formula is C19H20ClF3N4O4S. The van der Waals surface area contributed by atoms with Gasteiger partial charge in [0.1, 0.15) is 11.3 Å². The number of nitrogens with zero attached hydrogens (tertiary/aromatic N) is 4. The summed E-state index contributed by atoms with van der Waals surface area (Å²) in [4.78, 5) is 13.9. The zero-order chi connectivity index (χ0) is 22.9. The van der Waals surface area contributed by atoms with Gasteiger partial charge < -0.3 is 9.64 Å². The molecule has 2 bridgehead atoms. The highest BCUT2D eigenvalue weighted by molar-refractivity contribution is 7.85. The van der Waals surface area contributed by atoms with Gasteiger partial charge in [-0.3, -0.25) is 4.55 Å². The van der Waals surface area contributed by atoms with Crippen LogP contribution in [0.3, 0.4) is 0 Å². The van der Waals surface area contributed by atoms with Crippen molar-refractivity contribution >= 4 is 38.4 Å². The number of fused-ring (bicyclic) bond motifs is 3. The molecule has 3 fully saturated rings. The second-order valence-electron chi connectivity index (χ2n) is 9.02. The van der Waals surface area contributed by atoms with Gasteiger partial charge in [-0.05, 0) is 25.7 Å². The lowest BCUT2D eigenvalue weighted by Crippen LogP contribution is -2.49. The number of halogens is 4. The Morgan fingerprint density at radius 3 is 2.47 bits per heavy atom. The Balaban J connectivity index is 1.49. The Morgan fingerprint density at radius 2 is 1.88 bits per heavy atom. The molecule has 0 radical (unpaired) electrons. The van der Waals surface area contributed by atoms with E-state index in [-0.39, 0.29) is 42.4 Å². The van der Waals surface area contributed by atoms with Crippen LogP contribution in [0.1, 0.15) is 25.7 Å². The van der Waals surface area contributed by atoms with E-state index in [0.717, 1.165) is 0 Å². The molecule has 0 unspecified atom stereocenters. The highest BCUT2D eigenvalue weighted by Gasteiger charge is 2.56. The third-order valence-electron chi connectivity index (χ3n) is 6.69. The summed E-state index contributed by atoms with van der Waals surface area (Å²) in [6.07, 6.45) is 3.16. The molecule has 13 heteroatoms. The van der Waals surface area contributed by atoms with Crippen LogP contribution in [0.2, 0.25) is 5.15 Å². The van der Waals surface area contributed by atoms with E-state index in [2.05, 4.69) is 15.0 Å². The number of hydrogen-bond donors (Lipinski definition) is 1. The van der Waals surface area contributed by atoms with Gasteiger partial charge in [0.2, 0.25) is 0 Å². The quantitative estimate of drug-likeness (QED) is 0.483. The molecule has 2 atom stereocenters. The molecule has 2 saturated carbocycles. The Morgan fingerprint density at radius 1 is 1.22 bits per heavy atom. The van der Waals surface area contributed by atoms with Crippen LogP contribution in [0.5, 0.6) is 6.01 Å². The van der Waals surface area contributed by atoms with Crippen molar-refractivity contribution in [3.8, 4) is 6.01 Å². The van der Waals surface area contributed by atoms with Crippen molar-refractivity contribution in [3.63, 3.8) is 0 Å². The number of pyridine rings is 1. The molecule has 3 aliphatic rings. The van der Waals surface area contributed by atoms with Gasteiger partial charge in [0.25, 0.3) is 16.0 Å². The van der Waals surface area contributed by atoms with E-state index >= 15 is 0 Å². The lowest BCUT2D eigenvalue weighted by molar-refractivity contribution is -0.0830. The average molecular weight is 493 g/mol. The van der Waals surface area contributed by atoms with Crippen LogP contribution < -0.4 is 9.64 Å². The maximum absolute atomic E-state index is 14.7. The largest absolute Gasteiger partial charge is 0.463 e. The van der Waals surface area contributed by atoms with Crippen LogP contribution in [0, 0.1) is 23.1 Å². The summed E-state index contributed by atoms with van der Waals surface area (Å²) in [6, 6.07) is -0.222. The minimum Gasteiger partial charge on any atom is -0.463 e. The summed E-state index contributed by atoms with van der Waals surface area (Å²) >= 11 is 5.81. The van der Waals surface area contributed by atoms with Crippen molar-refractivity contribution in [1.29, 1.82) is 0 Å². The first-order valence-corrected chi connectivity index (χ1v) is 12.2. The zero-order valence-corrected chi connectivity index (χ0v) is 18.3. The molecule has 2 aromatic heterocycles. The zero-order valence-electron chi connectivity index (χ0n) is 16.8. The third-order valence-corrected chi connectivity index (χ3v) is 7.93. The van der Waals surface area contributed by atoms with E-state index < -0.39 is 50.0 Å². The predicted octanol–water partition coefficient (Wildman–Crippen LogP) is 3.35. The highest BCUT2D eigenvalue weighted by atomic mass is 35.5. The number of ether oxygens (including phenoxy) is 1. The molecule has 1 N–H and O–H groups in total. The summed E-state index contributed by atoms with van der Waals surface area (Å²) in [7, 11) is -4.20. The summed E-state index contributed by atoms with van der Waals surface area (Å²) in [5.41, 5.74) is -0.915. The van der Waals surface area contributed by atoms with E-state index in [4.69, 9.17) is 20.9 Å². The molecule has 5 rings (SSSR count). The fourth-order valence-electron chi connectivity index (χ4n) is 4.74. The number of aromatic nitrogens is 3. The molecule has 174 valence electrons. The predicted molar refractivity (Wildman–Crippen MR) is 109 cm³/mol. The van der Waals surface area contributed by atoms with Gasteiger partial charge in [0, 0.05) is 36.5 Å². The van der Waals surface area contributed by atoms with Crippen LogP contribution in [0.15, 0.2) is 6.20 Å². The van der Waals surface area contributed by atoms with Crippen LogP contribution >= 0.6 is 11.6 Å². The molecule has 0 aromatic carbocycles. The minimum atomic E-state index is -4.20. The first-order valence-electron chi connectivity index (χ1n) is 10.2. The molecular weight excluding hydrogens is 473 g/mol. The summed E-state index contributed by atoms with van der Waals surface area (Å²) < 4.78 is 80.8. The lowest BCUT2D eigenvalue weighted by atomic mass is 9.93. The van der Waals surface area contributed by atoms with Gasteiger partial charge >= 0.3 is 6.01 Å². The van der Waals surface area contributed by atoms with Crippen molar-refractivity contribution in [3.05, 3.63) is 17.2 Å².